The summed E-state index contributed by atoms with van der Waals surface area (Å²) in [7, 11) is 1.58. The van der Waals surface area contributed by atoms with Gasteiger partial charge in [-0.2, -0.15) is 0 Å². The Balaban J connectivity index is 2.82. The van der Waals surface area contributed by atoms with Gasteiger partial charge < -0.3 is 4.74 Å². The number of carbonyl (C=O) groups is 1. The first kappa shape index (κ1) is 7.59. The van der Waals surface area contributed by atoms with Gasteiger partial charge in [0.25, 0.3) is 0 Å². The number of Topliss-reactive ketones (excluding diaryl/α,β-unsaturated/α-hetero) is 1. The lowest BCUT2D eigenvalue weighted by Gasteiger charge is -1.96. The topological polar surface area (TPSA) is 38.3 Å². The molecule has 0 spiro atoms. The molecule has 0 aliphatic carbocycles. The van der Waals surface area contributed by atoms with Gasteiger partial charge in [0, 0.05) is 7.11 Å². The van der Waals surface area contributed by atoms with Crippen molar-refractivity contribution in [2.24, 2.45) is 0 Å². The minimum Gasteiger partial charge on any atom is -0.370 e. The molecule has 0 aliphatic rings. The average Bonchev–Trinajstić information content (AvgIpc) is 1.66. The molecule has 0 aromatic rings. The minimum absolute atomic E-state index is 0.127. The Hall–Kier alpha value is -0.410. The molecule has 8 heavy (non-hydrogen) atoms. The summed E-state index contributed by atoms with van der Waals surface area (Å²) in [6.07, 6.45) is 0. The van der Waals surface area contributed by atoms with Gasteiger partial charge in [0.05, 0.1) is 13.3 Å². The van der Waals surface area contributed by atoms with Gasteiger partial charge in [-0.05, 0) is 6.92 Å². The van der Waals surface area contributed by atoms with Crippen LogP contribution < -0.4 is 5.32 Å². The lowest BCUT2D eigenvalue weighted by Crippen LogP contribution is -2.22. The van der Waals surface area contributed by atoms with E-state index in [9.17, 15) is 4.79 Å². The number of ether oxygens (including phenoxy) is 1. The van der Waals surface area contributed by atoms with Crippen molar-refractivity contribution in [3.05, 3.63) is 0 Å². The van der Waals surface area contributed by atoms with Crippen molar-refractivity contribution < 1.29 is 9.53 Å². The second-order valence-electron chi connectivity index (χ2n) is 1.56. The molecule has 3 nitrogen and oxygen atoms in total. The Labute approximate surface area is 49.0 Å². The molecule has 0 saturated heterocycles. The molecular formula is C5H11NO2. The maximum Gasteiger partial charge on any atom is 0.143 e. The second kappa shape index (κ2) is 4.74. The monoisotopic (exact) mass is 117 g/mol. The predicted octanol–water partition coefficient (Wildman–Crippen LogP) is -0.231. The largest absolute Gasteiger partial charge is 0.370 e. The van der Waals surface area contributed by atoms with E-state index in [0.717, 1.165) is 0 Å². The number of rotatable bonds is 4. The van der Waals surface area contributed by atoms with Crippen molar-refractivity contribution in [3.8, 4) is 0 Å². The highest BCUT2D eigenvalue weighted by Gasteiger charge is 1.87. The van der Waals surface area contributed by atoms with Crippen LogP contribution in [-0.4, -0.2) is 26.2 Å². The average molecular weight is 117 g/mol. The Morgan fingerprint density at radius 2 is 2.38 bits per heavy atom. The van der Waals surface area contributed by atoms with Crippen molar-refractivity contribution in [2.75, 3.05) is 20.4 Å². The van der Waals surface area contributed by atoms with Gasteiger partial charge in [0.1, 0.15) is 5.78 Å². The number of ketones is 1. The van der Waals surface area contributed by atoms with Crippen LogP contribution in [0.3, 0.4) is 0 Å². The highest BCUT2D eigenvalue weighted by molar-refractivity contribution is 5.77. The molecule has 48 valence electrons. The number of carbonyl (C=O) groups excluding carboxylic acids is 1. The molecule has 0 amide bonds. The number of methoxy groups -OCH3 is 1. The van der Waals surface area contributed by atoms with E-state index in [2.05, 4.69) is 10.1 Å². The summed E-state index contributed by atoms with van der Waals surface area (Å²) in [5.41, 5.74) is 0. The first-order valence-corrected chi connectivity index (χ1v) is 2.46. The summed E-state index contributed by atoms with van der Waals surface area (Å²) in [6.45, 7) is 2.37. The van der Waals surface area contributed by atoms with Crippen LogP contribution in [0, 0.1) is 0 Å². The molecule has 0 saturated carbocycles. The highest BCUT2D eigenvalue weighted by atomic mass is 16.5. The molecule has 0 rings (SSSR count). The number of nitrogens with one attached hydrogen (secondary N) is 1. The maximum absolute atomic E-state index is 10.2. The molecule has 0 aliphatic heterocycles. The van der Waals surface area contributed by atoms with Crippen LogP contribution in [0.25, 0.3) is 0 Å². The van der Waals surface area contributed by atoms with Crippen LogP contribution in [0.4, 0.5) is 0 Å². The van der Waals surface area contributed by atoms with E-state index in [1.54, 1.807) is 7.11 Å². The van der Waals surface area contributed by atoms with Gasteiger partial charge in [0.15, 0.2) is 0 Å². The Morgan fingerprint density at radius 1 is 1.75 bits per heavy atom. The van der Waals surface area contributed by atoms with Gasteiger partial charge in [-0.3, -0.25) is 10.1 Å². The maximum atomic E-state index is 10.2. The normalized spacial score (nSPS) is 9.25. The van der Waals surface area contributed by atoms with Gasteiger partial charge in [-0.15, -0.1) is 0 Å². The van der Waals surface area contributed by atoms with Crippen LogP contribution in [0.5, 0.6) is 0 Å². The molecule has 0 aromatic carbocycles. The molecule has 0 unspecified atom stereocenters. The van der Waals surface area contributed by atoms with Crippen LogP contribution >= 0.6 is 0 Å². The van der Waals surface area contributed by atoms with Crippen molar-refractivity contribution >= 4 is 5.78 Å². The van der Waals surface area contributed by atoms with Crippen molar-refractivity contribution in [2.45, 2.75) is 6.92 Å². The number of hydrogen-bond acceptors (Lipinski definition) is 3. The van der Waals surface area contributed by atoms with E-state index in [4.69, 9.17) is 0 Å². The van der Waals surface area contributed by atoms with Gasteiger partial charge >= 0.3 is 0 Å². The zero-order valence-corrected chi connectivity index (χ0v) is 5.23. The van der Waals surface area contributed by atoms with Gasteiger partial charge in [-0.25, -0.2) is 0 Å². The first-order valence-electron chi connectivity index (χ1n) is 2.46. The van der Waals surface area contributed by atoms with Gasteiger partial charge in [-0.1, -0.05) is 0 Å². The Morgan fingerprint density at radius 3 is 2.75 bits per heavy atom. The lowest BCUT2D eigenvalue weighted by molar-refractivity contribution is -0.116. The summed E-state index contributed by atoms with van der Waals surface area (Å²) >= 11 is 0. The van der Waals surface area contributed by atoms with Crippen LogP contribution in [0.2, 0.25) is 0 Å². The zero-order chi connectivity index (χ0) is 6.41. The molecular weight excluding hydrogens is 106 g/mol. The lowest BCUT2D eigenvalue weighted by atomic mass is 10.5. The van der Waals surface area contributed by atoms with Crippen LogP contribution in [-0.2, 0) is 9.53 Å². The van der Waals surface area contributed by atoms with Crippen LogP contribution in [0.15, 0.2) is 0 Å². The summed E-state index contributed by atoms with van der Waals surface area (Å²) in [6, 6.07) is 0. The Kier molecular flexibility index (Phi) is 4.50. The molecule has 3 heteroatoms. The molecule has 0 aromatic heterocycles. The van der Waals surface area contributed by atoms with E-state index >= 15 is 0 Å². The third-order valence-corrected chi connectivity index (χ3v) is 0.620. The molecule has 0 fully saturated rings. The SMILES string of the molecule is COCNCC(C)=O. The van der Waals surface area contributed by atoms with E-state index in [-0.39, 0.29) is 5.78 Å². The fraction of sp³-hybridized carbons (Fsp3) is 0.800. The first-order chi connectivity index (χ1) is 3.77. The van der Waals surface area contributed by atoms with E-state index < -0.39 is 0 Å². The van der Waals surface area contributed by atoms with Crippen molar-refractivity contribution in [1.29, 1.82) is 0 Å². The predicted molar refractivity (Wildman–Crippen MR) is 30.6 cm³/mol. The van der Waals surface area contributed by atoms with E-state index in [0.29, 0.717) is 13.3 Å². The van der Waals surface area contributed by atoms with Crippen molar-refractivity contribution in [3.63, 3.8) is 0 Å². The number of hydrogen-bond donors (Lipinski definition) is 1. The third kappa shape index (κ3) is 5.59. The van der Waals surface area contributed by atoms with Crippen molar-refractivity contribution in [1.82, 2.24) is 5.32 Å². The highest BCUT2D eigenvalue weighted by Crippen LogP contribution is 1.63. The van der Waals surface area contributed by atoms with E-state index in [1.165, 1.54) is 6.92 Å². The fourth-order valence-electron chi connectivity index (χ4n) is 0.329. The fourth-order valence-corrected chi connectivity index (χ4v) is 0.329. The molecule has 0 radical (unpaired) electrons. The molecule has 1 N–H and O–H groups in total. The standard InChI is InChI=1S/C5H11NO2/c1-5(7)3-6-4-8-2/h6H,3-4H2,1-2H3. The smallest absolute Gasteiger partial charge is 0.143 e. The minimum atomic E-state index is 0.127. The van der Waals surface area contributed by atoms with E-state index in [1.807, 2.05) is 0 Å². The summed E-state index contributed by atoms with van der Waals surface area (Å²) in [5.74, 6) is 0.127. The summed E-state index contributed by atoms with van der Waals surface area (Å²) in [4.78, 5) is 10.2. The molecule has 0 bridgehead atoms. The Bertz CT molecular complexity index is 72.8. The second-order valence-corrected chi connectivity index (χ2v) is 1.56. The summed E-state index contributed by atoms with van der Waals surface area (Å²) < 4.78 is 4.63. The molecule has 0 atom stereocenters. The molecule has 0 heterocycles. The quantitative estimate of drug-likeness (QED) is 0.408. The zero-order valence-electron chi connectivity index (χ0n) is 5.23. The van der Waals surface area contributed by atoms with Gasteiger partial charge in [0.2, 0.25) is 0 Å². The summed E-state index contributed by atoms with van der Waals surface area (Å²) in [5, 5.41) is 2.76. The third-order valence-electron chi connectivity index (χ3n) is 0.620. The van der Waals surface area contributed by atoms with Crippen LogP contribution in [0.1, 0.15) is 6.92 Å².